The molecule has 1 aromatic rings. The average Bonchev–Trinajstić information content (AvgIpc) is 2.40. The molecule has 2 N–H and O–H groups in total. The normalized spacial score (nSPS) is 23.1. The number of primary sulfonamides is 1. The summed E-state index contributed by atoms with van der Waals surface area (Å²) in [6.07, 6.45) is 0.879. The van der Waals surface area contributed by atoms with Gasteiger partial charge in [-0.2, -0.15) is 0 Å². The minimum absolute atomic E-state index is 0.121. The van der Waals surface area contributed by atoms with Crippen LogP contribution in [0.15, 0.2) is 23.1 Å². The Kier molecular flexibility index (Phi) is 4.34. The lowest BCUT2D eigenvalue weighted by Gasteiger charge is -2.35. The molecule has 1 heterocycles. The molecule has 1 amide bonds. The molecule has 1 saturated heterocycles. The fraction of sp³-hybridized carbons (Fsp3) is 0.500. The van der Waals surface area contributed by atoms with Crippen LogP contribution >= 0.6 is 0 Å². The second-order valence-corrected chi connectivity index (χ2v) is 7.24. The molecule has 0 aliphatic carbocycles. The molecular formula is C14H19FN2O3S. The van der Waals surface area contributed by atoms with Gasteiger partial charge in [0.2, 0.25) is 10.0 Å². The van der Waals surface area contributed by atoms with E-state index < -0.39 is 21.7 Å². The summed E-state index contributed by atoms with van der Waals surface area (Å²) < 4.78 is 36.3. The smallest absolute Gasteiger partial charge is 0.256 e. The van der Waals surface area contributed by atoms with Crippen LogP contribution in [0.5, 0.6) is 0 Å². The van der Waals surface area contributed by atoms with E-state index in [1.807, 2.05) is 0 Å². The summed E-state index contributed by atoms with van der Waals surface area (Å²) in [6, 6.07) is 3.13. The van der Waals surface area contributed by atoms with E-state index in [0.717, 1.165) is 18.6 Å². The maximum absolute atomic E-state index is 14.0. The molecule has 2 unspecified atom stereocenters. The number of sulfonamides is 1. The number of benzene rings is 1. The number of rotatable bonds is 2. The van der Waals surface area contributed by atoms with E-state index in [9.17, 15) is 17.6 Å². The largest absolute Gasteiger partial charge is 0.338 e. The molecule has 0 bridgehead atoms. The molecule has 2 rings (SSSR count). The highest BCUT2D eigenvalue weighted by Gasteiger charge is 2.28. The third-order valence-corrected chi connectivity index (χ3v) is 5.03. The lowest BCUT2D eigenvalue weighted by atomic mass is 9.88. The van der Waals surface area contributed by atoms with Crippen LogP contribution in [0.1, 0.15) is 30.6 Å². The van der Waals surface area contributed by atoms with Gasteiger partial charge in [-0.3, -0.25) is 4.79 Å². The van der Waals surface area contributed by atoms with E-state index >= 15 is 0 Å². The predicted molar refractivity (Wildman–Crippen MR) is 76.6 cm³/mol. The molecule has 7 heteroatoms. The summed E-state index contributed by atoms with van der Waals surface area (Å²) >= 11 is 0. The van der Waals surface area contributed by atoms with Crippen molar-refractivity contribution in [2.45, 2.75) is 25.2 Å². The van der Waals surface area contributed by atoms with Crippen LogP contribution in [-0.2, 0) is 10.0 Å². The van der Waals surface area contributed by atoms with Gasteiger partial charge < -0.3 is 4.90 Å². The third kappa shape index (κ3) is 3.41. The van der Waals surface area contributed by atoms with Crippen molar-refractivity contribution in [1.82, 2.24) is 4.90 Å². The number of hydrogen-bond donors (Lipinski definition) is 1. The van der Waals surface area contributed by atoms with Gasteiger partial charge in [-0.25, -0.2) is 17.9 Å². The topological polar surface area (TPSA) is 80.5 Å². The first-order chi connectivity index (χ1) is 9.70. The summed E-state index contributed by atoms with van der Waals surface area (Å²) in [5.74, 6) is -0.386. The van der Waals surface area contributed by atoms with Crippen molar-refractivity contribution < 1.29 is 17.6 Å². The second-order valence-electron chi connectivity index (χ2n) is 5.68. The average molecular weight is 314 g/mol. The zero-order chi connectivity index (χ0) is 15.8. The van der Waals surface area contributed by atoms with Gasteiger partial charge in [-0.15, -0.1) is 0 Å². The van der Waals surface area contributed by atoms with Crippen molar-refractivity contribution in [3.05, 3.63) is 29.6 Å². The van der Waals surface area contributed by atoms with Crippen LogP contribution in [0.2, 0.25) is 0 Å². The van der Waals surface area contributed by atoms with Gasteiger partial charge in [-0.1, -0.05) is 13.8 Å². The Balaban J connectivity index is 2.24. The highest BCUT2D eigenvalue weighted by atomic mass is 32.2. The van der Waals surface area contributed by atoms with Crippen LogP contribution < -0.4 is 5.14 Å². The molecule has 0 aromatic heterocycles. The number of piperidine rings is 1. The third-order valence-electron chi connectivity index (χ3n) is 4.12. The molecule has 0 spiro atoms. The van der Waals surface area contributed by atoms with Crippen LogP contribution in [0, 0.1) is 17.7 Å². The quantitative estimate of drug-likeness (QED) is 0.900. The Labute approximate surface area is 124 Å². The number of amides is 1. The van der Waals surface area contributed by atoms with Crippen molar-refractivity contribution in [2.75, 3.05) is 13.1 Å². The van der Waals surface area contributed by atoms with Crippen molar-refractivity contribution in [3.8, 4) is 0 Å². The van der Waals surface area contributed by atoms with Gasteiger partial charge in [0.05, 0.1) is 10.5 Å². The number of nitrogens with two attached hydrogens (primary N) is 1. The van der Waals surface area contributed by atoms with Crippen molar-refractivity contribution in [2.24, 2.45) is 17.0 Å². The summed E-state index contributed by atoms with van der Waals surface area (Å²) in [6.45, 7) is 5.36. The molecule has 21 heavy (non-hydrogen) atoms. The fourth-order valence-electron chi connectivity index (χ4n) is 2.46. The molecular weight excluding hydrogens is 295 g/mol. The number of nitrogens with zero attached hydrogens (tertiary/aromatic N) is 1. The Morgan fingerprint density at radius 3 is 2.52 bits per heavy atom. The molecule has 1 aliphatic rings. The summed E-state index contributed by atoms with van der Waals surface area (Å²) in [5.41, 5.74) is -0.121. The minimum Gasteiger partial charge on any atom is -0.338 e. The van der Waals surface area contributed by atoms with Crippen molar-refractivity contribution >= 4 is 15.9 Å². The molecule has 116 valence electrons. The zero-order valence-electron chi connectivity index (χ0n) is 12.0. The number of carbonyl (C=O) groups excluding carboxylic acids is 1. The highest BCUT2D eigenvalue weighted by Crippen LogP contribution is 2.24. The lowest BCUT2D eigenvalue weighted by molar-refractivity contribution is 0.0622. The Morgan fingerprint density at radius 1 is 1.33 bits per heavy atom. The van der Waals surface area contributed by atoms with Gasteiger partial charge in [-0.05, 0) is 36.5 Å². The molecule has 1 aromatic carbocycles. The van der Waals surface area contributed by atoms with Crippen LogP contribution in [0.4, 0.5) is 4.39 Å². The van der Waals surface area contributed by atoms with E-state index in [2.05, 4.69) is 13.8 Å². The fourth-order valence-corrected chi connectivity index (χ4v) is 2.99. The van der Waals surface area contributed by atoms with Crippen LogP contribution in [0.3, 0.4) is 0 Å². The van der Waals surface area contributed by atoms with Gasteiger partial charge in [0.1, 0.15) is 5.82 Å². The van der Waals surface area contributed by atoms with Gasteiger partial charge >= 0.3 is 0 Å². The highest BCUT2D eigenvalue weighted by molar-refractivity contribution is 7.89. The number of halogens is 1. The minimum atomic E-state index is -3.97. The first-order valence-corrected chi connectivity index (χ1v) is 8.36. The monoisotopic (exact) mass is 314 g/mol. The van der Waals surface area contributed by atoms with Crippen LogP contribution in [0.25, 0.3) is 0 Å². The predicted octanol–water partition coefficient (Wildman–Crippen LogP) is 1.59. The SMILES string of the molecule is CC1CCN(C(=O)c2ccc(S(N)(=O)=O)cc2F)CC1C. The summed E-state index contributed by atoms with van der Waals surface area (Å²) in [7, 11) is -3.97. The number of hydrogen-bond acceptors (Lipinski definition) is 3. The maximum Gasteiger partial charge on any atom is 0.256 e. The zero-order valence-corrected chi connectivity index (χ0v) is 12.9. The summed E-state index contributed by atoms with van der Waals surface area (Å²) in [5, 5.41) is 4.94. The first-order valence-electron chi connectivity index (χ1n) is 6.81. The van der Waals surface area contributed by atoms with E-state index in [4.69, 9.17) is 5.14 Å². The van der Waals surface area contributed by atoms with Gasteiger partial charge in [0.25, 0.3) is 5.91 Å². The lowest BCUT2D eigenvalue weighted by Crippen LogP contribution is -2.42. The maximum atomic E-state index is 14.0. The molecule has 1 fully saturated rings. The van der Waals surface area contributed by atoms with Crippen molar-refractivity contribution in [1.29, 1.82) is 0 Å². The van der Waals surface area contributed by atoms with Gasteiger partial charge in [0, 0.05) is 13.1 Å². The molecule has 1 aliphatic heterocycles. The first kappa shape index (κ1) is 15.9. The molecule has 5 nitrogen and oxygen atoms in total. The summed E-state index contributed by atoms with van der Waals surface area (Å²) in [4.78, 5) is 13.6. The molecule has 0 saturated carbocycles. The van der Waals surface area contributed by atoms with E-state index in [1.165, 1.54) is 6.07 Å². The standard InChI is InChI=1S/C14H19FN2O3S/c1-9-5-6-17(8-10(9)2)14(18)12-4-3-11(7-13(12)15)21(16,19)20/h3-4,7,9-10H,5-6,8H2,1-2H3,(H2,16,19,20). The number of carbonyl (C=O) groups is 1. The van der Waals surface area contributed by atoms with E-state index in [-0.39, 0.29) is 10.5 Å². The second kappa shape index (κ2) is 5.73. The Morgan fingerprint density at radius 2 is 2.00 bits per heavy atom. The molecule has 0 radical (unpaired) electrons. The van der Waals surface area contributed by atoms with E-state index in [0.29, 0.717) is 24.9 Å². The molecule has 2 atom stereocenters. The van der Waals surface area contributed by atoms with Crippen LogP contribution in [-0.4, -0.2) is 32.3 Å². The van der Waals surface area contributed by atoms with Crippen molar-refractivity contribution in [3.63, 3.8) is 0 Å². The number of likely N-dealkylation sites (tertiary alicyclic amines) is 1. The Bertz CT molecular complexity index is 660. The van der Waals surface area contributed by atoms with E-state index in [1.54, 1.807) is 4.90 Å². The Hall–Kier alpha value is -1.47. The van der Waals surface area contributed by atoms with Gasteiger partial charge in [0.15, 0.2) is 0 Å².